The third-order valence-electron chi connectivity index (χ3n) is 5.83. The molecule has 1 aliphatic carbocycles. The lowest BCUT2D eigenvalue weighted by molar-refractivity contribution is 0.172. The molecule has 1 aliphatic rings. The molecule has 3 heteroatoms. The first-order valence-electron chi connectivity index (χ1n) is 10.7. The number of halogens is 2. The lowest BCUT2D eigenvalue weighted by Gasteiger charge is -2.28. The van der Waals surface area contributed by atoms with Crippen molar-refractivity contribution >= 4 is 0 Å². The molecule has 148 valence electrons. The van der Waals surface area contributed by atoms with Crippen molar-refractivity contribution in [3.8, 4) is 5.75 Å². The maximum absolute atomic E-state index is 14.3. The number of hydrogen-bond acceptors (Lipinski definition) is 1. The molecule has 1 aromatic carbocycles. The first kappa shape index (κ1) is 21.2. The minimum Gasteiger partial charge on any atom is -0.490 e. The molecule has 2 rings (SSSR count). The molecule has 0 heterocycles. The van der Waals surface area contributed by atoms with Crippen LogP contribution in [0.1, 0.15) is 90.0 Å². The van der Waals surface area contributed by atoms with E-state index in [1.807, 2.05) is 0 Å². The molecule has 1 saturated carbocycles. The molecule has 0 aromatic heterocycles. The van der Waals surface area contributed by atoms with E-state index in [0.29, 0.717) is 24.5 Å². The van der Waals surface area contributed by atoms with Crippen molar-refractivity contribution in [1.29, 1.82) is 0 Å². The van der Waals surface area contributed by atoms with Gasteiger partial charge in [-0.25, -0.2) is 4.39 Å². The molecule has 0 bridgehead atoms. The highest BCUT2D eigenvalue weighted by molar-refractivity contribution is 5.31. The summed E-state index contributed by atoms with van der Waals surface area (Å²) in [5, 5.41) is 0. The molecule has 0 saturated heterocycles. The second kappa shape index (κ2) is 11.6. The summed E-state index contributed by atoms with van der Waals surface area (Å²) in [6.07, 6.45) is 13.7. The smallest absolute Gasteiger partial charge is 0.200 e. The summed E-state index contributed by atoms with van der Waals surface area (Å²) < 4.78 is 34.1. The van der Waals surface area contributed by atoms with Gasteiger partial charge in [0.15, 0.2) is 11.6 Å². The fraction of sp³-hybridized carbons (Fsp3) is 0.739. The van der Waals surface area contributed by atoms with Gasteiger partial charge < -0.3 is 4.74 Å². The second-order valence-electron chi connectivity index (χ2n) is 8.00. The Hall–Kier alpha value is -1.12. The predicted octanol–water partition coefficient (Wildman–Crippen LogP) is 7.46. The molecule has 0 unspecified atom stereocenters. The van der Waals surface area contributed by atoms with Gasteiger partial charge in [0.1, 0.15) is 0 Å². The number of hydrogen-bond donors (Lipinski definition) is 0. The minimum absolute atomic E-state index is 0.0758. The topological polar surface area (TPSA) is 9.23 Å². The van der Waals surface area contributed by atoms with E-state index in [9.17, 15) is 8.78 Å². The van der Waals surface area contributed by atoms with Gasteiger partial charge in [0, 0.05) is 0 Å². The SMILES string of the molecule is CCCCCc1ccc(OC[C@H]2CC[C@H](CCCCC)CC2)c(F)c1F. The summed E-state index contributed by atoms with van der Waals surface area (Å²) in [5.74, 6) is -0.129. The normalized spacial score (nSPS) is 20.3. The van der Waals surface area contributed by atoms with Crippen LogP contribution in [-0.4, -0.2) is 6.61 Å². The highest BCUT2D eigenvalue weighted by atomic mass is 19.2. The van der Waals surface area contributed by atoms with Crippen LogP contribution >= 0.6 is 0 Å². The molecular weight excluding hydrogens is 330 g/mol. The van der Waals surface area contributed by atoms with Crippen LogP contribution in [0, 0.1) is 23.5 Å². The molecule has 0 spiro atoms. The summed E-state index contributed by atoms with van der Waals surface area (Å²) in [6.45, 7) is 4.85. The zero-order chi connectivity index (χ0) is 18.8. The van der Waals surface area contributed by atoms with Crippen molar-refractivity contribution in [3.05, 3.63) is 29.3 Å². The molecular formula is C23H36F2O. The fourth-order valence-corrected chi connectivity index (χ4v) is 4.02. The van der Waals surface area contributed by atoms with Crippen LogP contribution in [0.2, 0.25) is 0 Å². The van der Waals surface area contributed by atoms with Crippen molar-refractivity contribution in [2.24, 2.45) is 11.8 Å². The van der Waals surface area contributed by atoms with Gasteiger partial charge in [-0.15, -0.1) is 0 Å². The first-order chi connectivity index (χ1) is 12.7. The van der Waals surface area contributed by atoms with E-state index < -0.39 is 11.6 Å². The first-order valence-corrected chi connectivity index (χ1v) is 10.7. The van der Waals surface area contributed by atoms with Gasteiger partial charge in [-0.05, 0) is 49.1 Å². The Morgan fingerprint density at radius 2 is 1.50 bits per heavy atom. The standard InChI is InChI=1S/C23H36F2O/c1-3-5-7-9-18-11-13-19(14-12-18)17-26-21-16-15-20(10-8-6-4-2)22(24)23(21)25/h15-16,18-19H,3-14,17H2,1-2H3/t18-,19-. The van der Waals surface area contributed by atoms with Crippen LogP contribution in [0.4, 0.5) is 8.78 Å². The average molecular weight is 367 g/mol. The van der Waals surface area contributed by atoms with Crippen LogP contribution in [0.3, 0.4) is 0 Å². The van der Waals surface area contributed by atoms with Crippen LogP contribution in [0.25, 0.3) is 0 Å². The molecule has 0 amide bonds. The summed E-state index contributed by atoms with van der Waals surface area (Å²) in [5.41, 5.74) is 0.468. The largest absolute Gasteiger partial charge is 0.490 e. The van der Waals surface area contributed by atoms with E-state index in [2.05, 4.69) is 13.8 Å². The van der Waals surface area contributed by atoms with E-state index in [4.69, 9.17) is 4.74 Å². The second-order valence-corrected chi connectivity index (χ2v) is 8.00. The third-order valence-corrected chi connectivity index (χ3v) is 5.83. The van der Waals surface area contributed by atoms with Crippen LogP contribution in [-0.2, 0) is 6.42 Å². The number of benzene rings is 1. The van der Waals surface area contributed by atoms with Crippen molar-refractivity contribution in [2.45, 2.75) is 90.9 Å². The van der Waals surface area contributed by atoms with E-state index >= 15 is 0 Å². The zero-order valence-electron chi connectivity index (χ0n) is 16.7. The number of rotatable bonds is 11. The molecule has 0 radical (unpaired) electrons. The zero-order valence-corrected chi connectivity index (χ0v) is 16.7. The van der Waals surface area contributed by atoms with Crippen LogP contribution in [0.15, 0.2) is 12.1 Å². The third kappa shape index (κ3) is 6.55. The quantitative estimate of drug-likeness (QED) is 0.369. The monoisotopic (exact) mass is 366 g/mol. The Morgan fingerprint density at radius 1 is 0.846 bits per heavy atom. The molecule has 1 nitrogen and oxygen atoms in total. The minimum atomic E-state index is -0.813. The Bertz CT molecular complexity index is 521. The molecule has 1 aromatic rings. The van der Waals surface area contributed by atoms with E-state index in [-0.39, 0.29) is 5.75 Å². The summed E-state index contributed by atoms with van der Waals surface area (Å²) in [7, 11) is 0. The summed E-state index contributed by atoms with van der Waals surface area (Å²) in [6, 6.07) is 3.30. The van der Waals surface area contributed by atoms with Gasteiger partial charge in [-0.1, -0.05) is 71.3 Å². The van der Waals surface area contributed by atoms with Crippen molar-refractivity contribution in [2.75, 3.05) is 6.61 Å². The van der Waals surface area contributed by atoms with Gasteiger partial charge in [0.05, 0.1) is 6.61 Å². The van der Waals surface area contributed by atoms with Gasteiger partial charge in [-0.2, -0.15) is 4.39 Å². The lowest BCUT2D eigenvalue weighted by Crippen LogP contribution is -2.20. The van der Waals surface area contributed by atoms with Gasteiger partial charge in [-0.3, -0.25) is 0 Å². The van der Waals surface area contributed by atoms with Crippen LogP contribution in [0.5, 0.6) is 5.75 Å². The molecule has 0 N–H and O–H groups in total. The van der Waals surface area contributed by atoms with Crippen molar-refractivity contribution in [1.82, 2.24) is 0 Å². The van der Waals surface area contributed by atoms with Crippen LogP contribution < -0.4 is 4.74 Å². The molecule has 1 fully saturated rings. The lowest BCUT2D eigenvalue weighted by atomic mass is 9.80. The van der Waals surface area contributed by atoms with E-state index in [0.717, 1.165) is 38.0 Å². The molecule has 26 heavy (non-hydrogen) atoms. The molecule has 0 atom stereocenters. The Kier molecular flexibility index (Phi) is 9.42. The predicted molar refractivity (Wildman–Crippen MR) is 105 cm³/mol. The highest BCUT2D eigenvalue weighted by Crippen LogP contribution is 2.33. The number of unbranched alkanes of at least 4 members (excludes halogenated alkanes) is 4. The fourth-order valence-electron chi connectivity index (χ4n) is 4.02. The average Bonchev–Trinajstić information content (AvgIpc) is 2.66. The Balaban J connectivity index is 1.76. The van der Waals surface area contributed by atoms with Crippen molar-refractivity contribution < 1.29 is 13.5 Å². The maximum atomic E-state index is 14.3. The summed E-state index contributed by atoms with van der Waals surface area (Å²) in [4.78, 5) is 0. The summed E-state index contributed by atoms with van der Waals surface area (Å²) >= 11 is 0. The maximum Gasteiger partial charge on any atom is 0.200 e. The highest BCUT2D eigenvalue weighted by Gasteiger charge is 2.22. The van der Waals surface area contributed by atoms with Gasteiger partial charge in [0.25, 0.3) is 0 Å². The van der Waals surface area contributed by atoms with E-state index in [1.165, 1.54) is 38.5 Å². The number of ether oxygens (including phenoxy) is 1. The Morgan fingerprint density at radius 3 is 2.19 bits per heavy atom. The van der Waals surface area contributed by atoms with Crippen molar-refractivity contribution in [3.63, 3.8) is 0 Å². The Labute approximate surface area is 158 Å². The van der Waals surface area contributed by atoms with Gasteiger partial charge >= 0.3 is 0 Å². The number of aryl methyl sites for hydroxylation is 1. The van der Waals surface area contributed by atoms with Gasteiger partial charge in [0.2, 0.25) is 5.82 Å². The van der Waals surface area contributed by atoms with E-state index in [1.54, 1.807) is 12.1 Å². The molecule has 0 aliphatic heterocycles.